The van der Waals surface area contributed by atoms with E-state index in [9.17, 15) is 29.7 Å². The fourth-order valence-electron chi connectivity index (χ4n) is 6.57. The number of carboxylic acid groups (broad SMARTS) is 1. The third-order valence-corrected chi connectivity index (χ3v) is 9.35. The van der Waals surface area contributed by atoms with E-state index in [1.807, 2.05) is 47.6 Å². The zero-order valence-corrected chi connectivity index (χ0v) is 27.2. The van der Waals surface area contributed by atoms with Crippen LogP contribution in [0.5, 0.6) is 0 Å². The van der Waals surface area contributed by atoms with Crippen molar-refractivity contribution in [2.24, 2.45) is 35.5 Å². The van der Waals surface area contributed by atoms with Crippen molar-refractivity contribution in [3.8, 4) is 0 Å². The van der Waals surface area contributed by atoms with Crippen LogP contribution in [0.25, 0.3) is 6.08 Å². The summed E-state index contributed by atoms with van der Waals surface area (Å²) in [5, 5.41) is 32.3. The van der Waals surface area contributed by atoms with Gasteiger partial charge in [0.05, 0.1) is 36.9 Å². The van der Waals surface area contributed by atoms with Gasteiger partial charge in [0.1, 0.15) is 17.3 Å². The summed E-state index contributed by atoms with van der Waals surface area (Å²) in [5.41, 5.74) is 0. The molecule has 1 fully saturated rings. The number of aliphatic hydroxyl groups excluding tert-OH is 2. The Morgan fingerprint density at radius 1 is 1.02 bits per heavy atom. The maximum atomic E-state index is 13.7. The van der Waals surface area contributed by atoms with Gasteiger partial charge in [0.15, 0.2) is 0 Å². The molecule has 0 unspecified atom stereocenters. The van der Waals surface area contributed by atoms with Gasteiger partial charge in [-0.3, -0.25) is 9.59 Å². The van der Waals surface area contributed by atoms with E-state index in [1.165, 1.54) is 6.08 Å². The van der Waals surface area contributed by atoms with Crippen molar-refractivity contribution in [2.45, 2.75) is 118 Å². The number of hydrogen-bond donors (Lipinski definition) is 3. The zero-order valence-electron chi connectivity index (χ0n) is 27.2. The van der Waals surface area contributed by atoms with Gasteiger partial charge in [0, 0.05) is 29.7 Å². The highest BCUT2D eigenvalue weighted by atomic mass is 16.5. The van der Waals surface area contributed by atoms with Crippen LogP contribution in [0.15, 0.2) is 22.6 Å². The van der Waals surface area contributed by atoms with Crippen LogP contribution in [-0.4, -0.2) is 64.1 Å². The molecule has 0 bridgehead atoms. The van der Waals surface area contributed by atoms with Crippen LogP contribution < -0.4 is 0 Å². The zero-order chi connectivity index (χ0) is 32.4. The first-order valence-corrected chi connectivity index (χ1v) is 16.0. The molecule has 244 valence electrons. The van der Waals surface area contributed by atoms with Crippen molar-refractivity contribution in [1.29, 1.82) is 0 Å². The van der Waals surface area contributed by atoms with E-state index in [0.29, 0.717) is 43.8 Å². The van der Waals surface area contributed by atoms with Gasteiger partial charge in [0.2, 0.25) is 0 Å². The predicted octanol–water partition coefficient (Wildman–Crippen LogP) is 5.87. The Morgan fingerprint density at radius 2 is 1.70 bits per heavy atom. The maximum absolute atomic E-state index is 13.7. The lowest BCUT2D eigenvalue weighted by molar-refractivity contribution is -0.169. The van der Waals surface area contributed by atoms with Crippen LogP contribution in [-0.2, 0) is 23.9 Å². The van der Waals surface area contributed by atoms with E-state index in [1.54, 1.807) is 26.0 Å². The summed E-state index contributed by atoms with van der Waals surface area (Å²) in [6.45, 7) is 15.2. The van der Waals surface area contributed by atoms with E-state index in [4.69, 9.17) is 13.9 Å². The number of esters is 1. The first-order valence-electron chi connectivity index (χ1n) is 16.0. The lowest BCUT2D eigenvalue weighted by Gasteiger charge is -2.42. The Morgan fingerprint density at radius 3 is 2.28 bits per heavy atom. The lowest BCUT2D eigenvalue weighted by Crippen LogP contribution is -2.49. The first kappa shape index (κ1) is 36.7. The summed E-state index contributed by atoms with van der Waals surface area (Å²) in [5.74, 6) is -2.77. The number of aliphatic carboxylic acids is 1. The number of Topliss-reactive ketones (excluding diaryl/α,β-unsaturated/α-hetero) is 1. The molecule has 0 radical (unpaired) electrons. The van der Waals surface area contributed by atoms with Crippen LogP contribution in [0.3, 0.4) is 0 Å². The molecule has 1 aliphatic rings. The number of furan rings is 1. The molecule has 0 saturated carbocycles. The monoisotopic (exact) mass is 606 g/mol. The van der Waals surface area contributed by atoms with E-state index in [-0.39, 0.29) is 35.6 Å². The normalized spacial score (nSPS) is 24.8. The van der Waals surface area contributed by atoms with Crippen molar-refractivity contribution in [1.82, 2.24) is 0 Å². The third-order valence-electron chi connectivity index (χ3n) is 9.35. The Labute approximate surface area is 257 Å². The van der Waals surface area contributed by atoms with Crippen molar-refractivity contribution >= 4 is 23.8 Å². The summed E-state index contributed by atoms with van der Waals surface area (Å²) in [6, 6.07) is 3.61. The van der Waals surface area contributed by atoms with E-state index < -0.39 is 48.0 Å². The minimum atomic E-state index is -0.997. The molecular formula is C34H54O9. The standard InChI is InChI=1S/C34H54O9/c1-9-25(34(39)40)28-15-12-19(4)33(43-28)23(8)31(37)22(7)32(38)26(10-2)30(36)21(6)18-20(5)27-16-13-24(42-27)14-17-29(35)41-11-3/h13-14,16-17,19-23,25-26,28,30-31,33,36-37H,9-12,15,18H2,1-8H3,(H,39,40)/b17-14+/t19-,20+,21-,22-,23-,25+,26+,28+,30-,31+,33+/m0/s1. The topological polar surface area (TPSA) is 144 Å². The molecule has 0 spiro atoms. The highest BCUT2D eigenvalue weighted by Crippen LogP contribution is 2.37. The number of aliphatic hydroxyl groups is 2. The number of carboxylic acids is 1. The lowest BCUT2D eigenvalue weighted by atomic mass is 9.74. The summed E-state index contributed by atoms with van der Waals surface area (Å²) in [4.78, 5) is 37.0. The van der Waals surface area contributed by atoms with Gasteiger partial charge in [-0.25, -0.2) is 4.79 Å². The molecule has 1 aromatic rings. The maximum Gasteiger partial charge on any atom is 0.330 e. The van der Waals surface area contributed by atoms with Crippen LogP contribution in [0.2, 0.25) is 0 Å². The molecule has 11 atom stereocenters. The smallest absolute Gasteiger partial charge is 0.330 e. The van der Waals surface area contributed by atoms with Gasteiger partial charge < -0.3 is 29.2 Å². The minimum Gasteiger partial charge on any atom is -0.481 e. The van der Waals surface area contributed by atoms with E-state index >= 15 is 0 Å². The van der Waals surface area contributed by atoms with Gasteiger partial charge >= 0.3 is 11.9 Å². The molecular weight excluding hydrogens is 552 g/mol. The molecule has 1 saturated heterocycles. The summed E-state index contributed by atoms with van der Waals surface area (Å²) < 4.78 is 17.0. The SMILES string of the molecule is CCOC(=O)/C=C/c1ccc([C@H](C)C[C@H](C)[C@H](O)[C@@H](CC)C(=O)[C@@H](C)[C@@H](O)[C@H](C)[C@@H]2O[C@@H]([C@@H](CC)C(=O)O)CC[C@@H]2C)o1. The molecule has 2 heterocycles. The average Bonchev–Trinajstić information content (AvgIpc) is 3.45. The Balaban J connectivity index is 2.04. The number of rotatable bonds is 17. The quantitative estimate of drug-likeness (QED) is 0.146. The van der Waals surface area contributed by atoms with E-state index in [2.05, 4.69) is 0 Å². The number of ether oxygens (including phenoxy) is 2. The van der Waals surface area contributed by atoms with Crippen molar-refractivity contribution in [3.05, 3.63) is 29.7 Å². The molecule has 0 amide bonds. The molecule has 1 aliphatic heterocycles. The summed E-state index contributed by atoms with van der Waals surface area (Å²) in [7, 11) is 0. The van der Waals surface area contributed by atoms with Crippen LogP contribution in [0, 0.1) is 35.5 Å². The van der Waals surface area contributed by atoms with Crippen molar-refractivity contribution in [3.63, 3.8) is 0 Å². The summed E-state index contributed by atoms with van der Waals surface area (Å²) >= 11 is 0. The number of carbonyl (C=O) groups excluding carboxylic acids is 2. The second kappa shape index (κ2) is 17.1. The van der Waals surface area contributed by atoms with Gasteiger partial charge in [-0.2, -0.15) is 0 Å². The molecule has 9 heteroatoms. The van der Waals surface area contributed by atoms with E-state index in [0.717, 1.165) is 6.42 Å². The second-order valence-electron chi connectivity index (χ2n) is 12.5. The van der Waals surface area contributed by atoms with Gasteiger partial charge in [-0.1, -0.05) is 48.5 Å². The predicted molar refractivity (Wildman–Crippen MR) is 164 cm³/mol. The molecule has 0 aliphatic carbocycles. The number of hydrogen-bond acceptors (Lipinski definition) is 8. The van der Waals surface area contributed by atoms with Gasteiger partial charge in [-0.05, 0) is 69.1 Å². The molecule has 9 nitrogen and oxygen atoms in total. The molecule has 0 aromatic carbocycles. The minimum absolute atomic E-state index is 0.0410. The van der Waals surface area contributed by atoms with Crippen LogP contribution in [0.1, 0.15) is 105 Å². The summed E-state index contributed by atoms with van der Waals surface area (Å²) in [6.07, 6.45) is 3.10. The van der Waals surface area contributed by atoms with Crippen LogP contribution in [0.4, 0.5) is 0 Å². The highest BCUT2D eigenvalue weighted by molar-refractivity contribution is 5.86. The average molecular weight is 607 g/mol. The highest BCUT2D eigenvalue weighted by Gasteiger charge is 2.43. The number of ketones is 1. The van der Waals surface area contributed by atoms with Crippen molar-refractivity contribution < 1.29 is 43.6 Å². The third kappa shape index (κ3) is 9.75. The van der Waals surface area contributed by atoms with Gasteiger partial charge in [0.25, 0.3) is 0 Å². The Bertz CT molecular complexity index is 1060. The Kier molecular flexibility index (Phi) is 14.6. The van der Waals surface area contributed by atoms with Crippen molar-refractivity contribution in [2.75, 3.05) is 6.61 Å². The first-order chi connectivity index (χ1) is 20.3. The molecule has 2 rings (SSSR count). The number of carbonyl (C=O) groups is 3. The fourth-order valence-corrected chi connectivity index (χ4v) is 6.57. The largest absolute Gasteiger partial charge is 0.481 e. The van der Waals surface area contributed by atoms with Gasteiger partial charge in [-0.15, -0.1) is 0 Å². The molecule has 1 aromatic heterocycles. The molecule has 3 N–H and O–H groups in total. The molecule has 43 heavy (non-hydrogen) atoms. The van der Waals surface area contributed by atoms with Crippen LogP contribution >= 0.6 is 0 Å². The fraction of sp³-hybridized carbons (Fsp3) is 0.735. The Hall–Kier alpha value is -2.49. The second-order valence-corrected chi connectivity index (χ2v) is 12.5.